The van der Waals surface area contributed by atoms with E-state index in [1.807, 2.05) is 0 Å². The molecule has 0 spiro atoms. The summed E-state index contributed by atoms with van der Waals surface area (Å²) >= 11 is 0. The summed E-state index contributed by atoms with van der Waals surface area (Å²) in [5.74, 6) is -4.59. The van der Waals surface area contributed by atoms with Gasteiger partial charge >= 0.3 is 42.0 Å². The van der Waals surface area contributed by atoms with E-state index >= 15 is 0 Å². The van der Waals surface area contributed by atoms with Crippen LogP contribution in [0.15, 0.2) is 48.6 Å². The lowest BCUT2D eigenvalue weighted by Gasteiger charge is -2.31. The number of carbonyl (C=O) groups is 7. The average molecular weight is 655 g/mol. The number of aliphatic carboxylic acids is 1. The van der Waals surface area contributed by atoms with E-state index in [2.05, 4.69) is 36.9 Å². The van der Waals surface area contributed by atoms with Crippen LogP contribution in [0.25, 0.3) is 0 Å². The van der Waals surface area contributed by atoms with Gasteiger partial charge in [-0.1, -0.05) is 26.3 Å². The summed E-state index contributed by atoms with van der Waals surface area (Å²) in [6.07, 6.45) is -4.77. The maximum absolute atomic E-state index is 12.8. The zero-order valence-corrected chi connectivity index (χ0v) is 26.9. The second-order valence-corrected chi connectivity index (χ2v) is 11.0. The molecule has 0 aromatic heterocycles. The van der Waals surface area contributed by atoms with Crippen LogP contribution in [0.2, 0.25) is 0 Å². The summed E-state index contributed by atoms with van der Waals surface area (Å²) in [6.45, 7) is 19.3. The minimum absolute atomic E-state index is 0.0554. The van der Waals surface area contributed by atoms with Crippen LogP contribution < -0.4 is 10.6 Å². The standard InChI is InChI=1S/C30H42N2O14/c1-17(2)23(35)42-13-29(9,14-43-24(36)18(3)4)31-27(39)41-12-21(11-22(33)34)46-28(40)32-30(10,15-44-25(37)19(5)6)16-45-26(38)20(7)8/h21H,1,3,5,7,11-16H2,2,4,6,8-10H3,(H,31,39)(H,32,40)(H,33,34). The fourth-order valence-corrected chi connectivity index (χ4v) is 2.83. The first-order chi connectivity index (χ1) is 21.1. The number of hydrogen-bond donors (Lipinski definition) is 3. The van der Waals surface area contributed by atoms with Crippen LogP contribution in [0.5, 0.6) is 0 Å². The third-order valence-corrected chi connectivity index (χ3v) is 5.37. The van der Waals surface area contributed by atoms with Crippen LogP contribution >= 0.6 is 0 Å². The van der Waals surface area contributed by atoms with Gasteiger partial charge in [-0.05, 0) is 41.5 Å². The number of amides is 2. The summed E-state index contributed by atoms with van der Waals surface area (Å²) < 4.78 is 30.5. The van der Waals surface area contributed by atoms with Crippen molar-refractivity contribution in [1.29, 1.82) is 0 Å². The molecule has 2 amide bonds. The summed E-state index contributed by atoms with van der Waals surface area (Å²) in [6, 6.07) is 0. The van der Waals surface area contributed by atoms with E-state index in [0.29, 0.717) is 0 Å². The number of ether oxygens (including phenoxy) is 6. The molecular formula is C30H42N2O14. The summed E-state index contributed by atoms with van der Waals surface area (Å²) in [4.78, 5) is 84.5. The van der Waals surface area contributed by atoms with Gasteiger partial charge in [0.2, 0.25) is 0 Å². The van der Waals surface area contributed by atoms with Crippen LogP contribution in [0, 0.1) is 0 Å². The van der Waals surface area contributed by atoms with Crippen LogP contribution in [0.1, 0.15) is 48.0 Å². The first-order valence-electron chi connectivity index (χ1n) is 13.6. The molecule has 0 saturated carbocycles. The lowest BCUT2D eigenvalue weighted by Crippen LogP contribution is -2.55. The highest BCUT2D eigenvalue weighted by atomic mass is 16.6. The lowest BCUT2D eigenvalue weighted by molar-refractivity contribution is -0.147. The molecule has 0 saturated heterocycles. The van der Waals surface area contributed by atoms with Gasteiger partial charge < -0.3 is 44.2 Å². The molecule has 0 aromatic carbocycles. The van der Waals surface area contributed by atoms with E-state index in [-0.39, 0.29) is 22.3 Å². The molecule has 0 rings (SSSR count). The molecule has 0 aliphatic rings. The topological polar surface area (TPSA) is 219 Å². The molecule has 46 heavy (non-hydrogen) atoms. The van der Waals surface area contributed by atoms with Gasteiger partial charge in [-0.2, -0.15) is 0 Å². The highest BCUT2D eigenvalue weighted by molar-refractivity contribution is 5.88. The number of rotatable bonds is 19. The van der Waals surface area contributed by atoms with Crippen LogP contribution in [0.3, 0.4) is 0 Å². The number of esters is 4. The highest BCUT2D eigenvalue weighted by Crippen LogP contribution is 2.13. The second kappa shape index (κ2) is 18.6. The van der Waals surface area contributed by atoms with Gasteiger partial charge in [0.25, 0.3) is 0 Å². The van der Waals surface area contributed by atoms with Crippen molar-refractivity contribution in [1.82, 2.24) is 10.6 Å². The number of carbonyl (C=O) groups excluding carboxylic acids is 6. The Morgan fingerprint density at radius 1 is 0.587 bits per heavy atom. The van der Waals surface area contributed by atoms with Gasteiger partial charge in [0.1, 0.15) is 50.2 Å². The van der Waals surface area contributed by atoms with Gasteiger partial charge in [0.15, 0.2) is 0 Å². The highest BCUT2D eigenvalue weighted by Gasteiger charge is 2.34. The smallest absolute Gasteiger partial charge is 0.408 e. The Morgan fingerprint density at radius 3 is 1.17 bits per heavy atom. The molecule has 0 bridgehead atoms. The molecule has 16 nitrogen and oxygen atoms in total. The first-order valence-corrected chi connectivity index (χ1v) is 13.6. The zero-order valence-electron chi connectivity index (χ0n) is 26.9. The second-order valence-electron chi connectivity index (χ2n) is 11.0. The molecule has 0 heterocycles. The van der Waals surface area contributed by atoms with Crippen molar-refractivity contribution in [2.45, 2.75) is 65.1 Å². The molecule has 1 unspecified atom stereocenters. The zero-order chi connectivity index (χ0) is 35.8. The molecule has 0 fully saturated rings. The van der Waals surface area contributed by atoms with Crippen LogP contribution in [-0.2, 0) is 52.4 Å². The lowest BCUT2D eigenvalue weighted by atomic mass is 10.1. The minimum Gasteiger partial charge on any atom is -0.481 e. The Balaban J connectivity index is 5.66. The third kappa shape index (κ3) is 16.6. The normalized spacial score (nSPS) is 11.4. The summed E-state index contributed by atoms with van der Waals surface area (Å²) in [5, 5.41) is 14.0. The fourth-order valence-electron chi connectivity index (χ4n) is 2.83. The number of nitrogens with one attached hydrogen (secondary N) is 2. The van der Waals surface area contributed by atoms with Crippen molar-refractivity contribution in [3.8, 4) is 0 Å². The Bertz CT molecular complexity index is 1190. The predicted molar refractivity (Wildman–Crippen MR) is 160 cm³/mol. The van der Waals surface area contributed by atoms with Crippen molar-refractivity contribution < 1.29 is 67.1 Å². The van der Waals surface area contributed by atoms with Crippen LogP contribution in [-0.4, -0.2) is 97.4 Å². The SMILES string of the molecule is C=C(C)C(=O)OCC(C)(COC(=O)C(=C)C)NC(=O)OCC(CC(=O)O)OC(=O)NC(C)(COC(=O)C(=C)C)COC(=O)C(=C)C. The van der Waals surface area contributed by atoms with Crippen molar-refractivity contribution in [3.05, 3.63) is 48.6 Å². The quantitative estimate of drug-likeness (QED) is 0.103. The molecule has 0 aromatic rings. The molecule has 1 atom stereocenters. The largest absolute Gasteiger partial charge is 0.481 e. The van der Waals surface area contributed by atoms with Gasteiger partial charge in [-0.15, -0.1) is 0 Å². The number of hydrogen-bond acceptors (Lipinski definition) is 13. The maximum Gasteiger partial charge on any atom is 0.408 e. The Kier molecular flexibility index (Phi) is 16.5. The number of carboxylic acid groups (broad SMARTS) is 1. The fraction of sp³-hybridized carbons (Fsp3) is 0.500. The summed E-state index contributed by atoms with van der Waals surface area (Å²) in [5.41, 5.74) is -2.86. The van der Waals surface area contributed by atoms with Crippen molar-refractivity contribution >= 4 is 42.0 Å². The Labute approximate surface area is 266 Å². The average Bonchev–Trinajstić information content (AvgIpc) is 2.94. The van der Waals surface area contributed by atoms with E-state index in [1.165, 1.54) is 41.5 Å². The molecule has 0 aliphatic carbocycles. The van der Waals surface area contributed by atoms with Gasteiger partial charge in [0, 0.05) is 22.3 Å². The van der Waals surface area contributed by atoms with Crippen molar-refractivity contribution in [2.75, 3.05) is 33.0 Å². The van der Waals surface area contributed by atoms with Crippen molar-refractivity contribution in [3.63, 3.8) is 0 Å². The minimum atomic E-state index is -1.57. The van der Waals surface area contributed by atoms with Crippen LogP contribution in [0.4, 0.5) is 9.59 Å². The number of alkyl carbamates (subject to hydrolysis) is 2. The molecule has 0 aliphatic heterocycles. The van der Waals surface area contributed by atoms with Gasteiger partial charge in [-0.3, -0.25) is 4.79 Å². The molecule has 256 valence electrons. The first kappa shape index (κ1) is 40.9. The van der Waals surface area contributed by atoms with E-state index in [1.54, 1.807) is 0 Å². The molecule has 3 N–H and O–H groups in total. The third-order valence-electron chi connectivity index (χ3n) is 5.37. The molecular weight excluding hydrogens is 612 g/mol. The van der Waals surface area contributed by atoms with E-state index < -0.39 is 98.7 Å². The van der Waals surface area contributed by atoms with Gasteiger partial charge in [0.05, 0.1) is 6.42 Å². The number of carboxylic acids is 1. The maximum atomic E-state index is 12.8. The predicted octanol–water partition coefficient (Wildman–Crippen LogP) is 2.28. The molecule has 0 radical (unpaired) electrons. The Morgan fingerprint density at radius 2 is 0.891 bits per heavy atom. The Hall–Kier alpha value is -5.15. The van der Waals surface area contributed by atoms with Crippen molar-refractivity contribution in [2.24, 2.45) is 0 Å². The van der Waals surface area contributed by atoms with E-state index in [4.69, 9.17) is 28.4 Å². The van der Waals surface area contributed by atoms with Gasteiger partial charge in [-0.25, -0.2) is 28.8 Å². The summed E-state index contributed by atoms with van der Waals surface area (Å²) in [7, 11) is 0. The van der Waals surface area contributed by atoms with E-state index in [0.717, 1.165) is 0 Å². The van der Waals surface area contributed by atoms with E-state index in [9.17, 15) is 38.7 Å². The molecule has 16 heteroatoms. The monoisotopic (exact) mass is 654 g/mol.